The smallest absolute Gasteiger partial charge is 0.127 e. The number of benzene rings is 1. The maximum Gasteiger partial charge on any atom is 0.127 e. The van der Waals surface area contributed by atoms with Gasteiger partial charge in [-0.05, 0) is 11.6 Å². The fourth-order valence-corrected chi connectivity index (χ4v) is 2.53. The van der Waals surface area contributed by atoms with Crippen LogP contribution < -0.4 is 14.8 Å². The molecule has 0 bridgehead atoms. The second-order valence-electron chi connectivity index (χ2n) is 4.93. The second kappa shape index (κ2) is 7.47. The summed E-state index contributed by atoms with van der Waals surface area (Å²) in [5.74, 6) is 1.67. The van der Waals surface area contributed by atoms with E-state index in [1.54, 1.807) is 21.3 Å². The molecular weight excluding hydrogens is 256 g/mol. The third-order valence-corrected chi connectivity index (χ3v) is 3.62. The molecule has 0 saturated carbocycles. The first kappa shape index (κ1) is 15.1. The van der Waals surface area contributed by atoms with Gasteiger partial charge >= 0.3 is 0 Å². The first-order valence-electron chi connectivity index (χ1n) is 6.94. The Morgan fingerprint density at radius 2 is 1.85 bits per heavy atom. The summed E-state index contributed by atoms with van der Waals surface area (Å²) in [5.41, 5.74) is 2.32. The van der Waals surface area contributed by atoms with Crippen LogP contribution in [0.5, 0.6) is 11.5 Å². The lowest BCUT2D eigenvalue weighted by atomic mass is 10.0. The van der Waals surface area contributed by atoms with Gasteiger partial charge in [-0.1, -0.05) is 0 Å². The van der Waals surface area contributed by atoms with Gasteiger partial charge in [0.25, 0.3) is 0 Å². The topological polar surface area (TPSA) is 43.0 Å². The minimum absolute atomic E-state index is 0.564. The highest BCUT2D eigenvalue weighted by Crippen LogP contribution is 2.30. The maximum atomic E-state index is 5.54. The number of nitrogens with one attached hydrogen (secondary N) is 1. The largest absolute Gasteiger partial charge is 0.497 e. The van der Waals surface area contributed by atoms with Crippen molar-refractivity contribution in [3.63, 3.8) is 0 Å². The van der Waals surface area contributed by atoms with Crippen LogP contribution >= 0.6 is 0 Å². The van der Waals surface area contributed by atoms with Crippen LogP contribution in [0.1, 0.15) is 11.1 Å². The van der Waals surface area contributed by atoms with Crippen LogP contribution in [-0.4, -0.2) is 52.4 Å². The molecule has 0 atom stereocenters. The highest BCUT2D eigenvalue weighted by Gasteiger charge is 2.17. The first-order valence-corrected chi connectivity index (χ1v) is 6.94. The van der Waals surface area contributed by atoms with E-state index in [0.29, 0.717) is 6.61 Å². The van der Waals surface area contributed by atoms with E-state index >= 15 is 0 Å². The number of methoxy groups -OCH3 is 3. The van der Waals surface area contributed by atoms with Crippen LogP contribution in [0, 0.1) is 0 Å². The number of ether oxygens (including phenoxy) is 3. The Bertz CT molecular complexity index is 431. The number of piperazine rings is 1. The molecule has 1 N–H and O–H groups in total. The van der Waals surface area contributed by atoms with E-state index in [1.807, 2.05) is 12.1 Å². The Kier molecular flexibility index (Phi) is 5.64. The van der Waals surface area contributed by atoms with Gasteiger partial charge in [-0.25, -0.2) is 0 Å². The van der Waals surface area contributed by atoms with Gasteiger partial charge in [0.1, 0.15) is 11.5 Å². The van der Waals surface area contributed by atoms with E-state index in [9.17, 15) is 0 Å². The molecule has 2 rings (SSSR count). The van der Waals surface area contributed by atoms with Gasteiger partial charge in [-0.15, -0.1) is 0 Å². The van der Waals surface area contributed by atoms with Gasteiger partial charge in [0.15, 0.2) is 0 Å². The third-order valence-electron chi connectivity index (χ3n) is 3.62. The predicted molar refractivity (Wildman–Crippen MR) is 78.4 cm³/mol. The summed E-state index contributed by atoms with van der Waals surface area (Å²) in [5, 5.41) is 3.37. The van der Waals surface area contributed by atoms with Crippen LogP contribution in [0.15, 0.2) is 12.1 Å². The summed E-state index contributed by atoms with van der Waals surface area (Å²) in [4.78, 5) is 2.43. The maximum absolute atomic E-state index is 5.54. The van der Waals surface area contributed by atoms with Crippen LogP contribution in [0.2, 0.25) is 0 Å². The van der Waals surface area contributed by atoms with Crippen LogP contribution in [0.25, 0.3) is 0 Å². The molecule has 1 aliphatic rings. The van der Waals surface area contributed by atoms with Gasteiger partial charge in [-0.2, -0.15) is 0 Å². The van der Waals surface area contributed by atoms with Gasteiger partial charge in [0.2, 0.25) is 0 Å². The normalized spacial score (nSPS) is 16.1. The van der Waals surface area contributed by atoms with E-state index in [4.69, 9.17) is 14.2 Å². The van der Waals surface area contributed by atoms with Crippen molar-refractivity contribution >= 4 is 0 Å². The number of rotatable bonds is 6. The van der Waals surface area contributed by atoms with Crippen molar-refractivity contribution in [1.82, 2.24) is 10.2 Å². The van der Waals surface area contributed by atoms with Crippen molar-refractivity contribution in [3.05, 3.63) is 23.3 Å². The van der Waals surface area contributed by atoms with Crippen LogP contribution in [0.4, 0.5) is 0 Å². The molecule has 5 nitrogen and oxygen atoms in total. The standard InChI is InChI=1S/C15H24N2O3/c1-18-11-12-8-13(19-2)9-15(20-3)14(12)10-17-6-4-16-5-7-17/h8-9,16H,4-7,10-11H2,1-3H3. The zero-order valence-electron chi connectivity index (χ0n) is 12.6. The molecule has 0 aliphatic carbocycles. The Labute approximate surface area is 120 Å². The first-order chi connectivity index (χ1) is 9.78. The third kappa shape index (κ3) is 3.62. The molecule has 1 aromatic rings. The lowest BCUT2D eigenvalue weighted by Gasteiger charge is -2.28. The van der Waals surface area contributed by atoms with E-state index in [0.717, 1.165) is 49.8 Å². The van der Waals surface area contributed by atoms with Crippen LogP contribution in [0.3, 0.4) is 0 Å². The highest BCUT2D eigenvalue weighted by atomic mass is 16.5. The molecule has 0 amide bonds. The Morgan fingerprint density at radius 3 is 2.45 bits per heavy atom. The van der Waals surface area contributed by atoms with E-state index in [-0.39, 0.29) is 0 Å². The number of hydrogen-bond donors (Lipinski definition) is 1. The molecule has 1 aromatic carbocycles. The second-order valence-corrected chi connectivity index (χ2v) is 4.93. The summed E-state index contributed by atoms with van der Waals surface area (Å²) in [6.07, 6.45) is 0. The van der Waals surface area contributed by atoms with E-state index < -0.39 is 0 Å². The van der Waals surface area contributed by atoms with Crippen molar-refractivity contribution in [2.24, 2.45) is 0 Å². The van der Waals surface area contributed by atoms with Gasteiger partial charge in [0, 0.05) is 51.5 Å². The zero-order valence-corrected chi connectivity index (χ0v) is 12.6. The van der Waals surface area contributed by atoms with Gasteiger partial charge < -0.3 is 19.5 Å². The summed E-state index contributed by atoms with van der Waals surface area (Å²) in [6, 6.07) is 3.97. The quantitative estimate of drug-likeness (QED) is 0.849. The molecule has 1 aliphatic heterocycles. The summed E-state index contributed by atoms with van der Waals surface area (Å²) >= 11 is 0. The fraction of sp³-hybridized carbons (Fsp3) is 0.600. The molecule has 5 heteroatoms. The number of nitrogens with zero attached hydrogens (tertiary/aromatic N) is 1. The Hall–Kier alpha value is -1.30. The predicted octanol–water partition coefficient (Wildman–Crippen LogP) is 1.26. The molecule has 1 saturated heterocycles. The molecule has 112 valence electrons. The monoisotopic (exact) mass is 280 g/mol. The summed E-state index contributed by atoms with van der Waals surface area (Å²) < 4.78 is 16.2. The van der Waals surface area contributed by atoms with Crippen molar-refractivity contribution in [2.75, 3.05) is 47.5 Å². The summed E-state index contributed by atoms with van der Waals surface area (Å²) in [7, 11) is 5.08. The molecule has 0 spiro atoms. The lowest BCUT2D eigenvalue weighted by Crippen LogP contribution is -2.43. The minimum Gasteiger partial charge on any atom is -0.497 e. The molecular formula is C15H24N2O3. The Balaban J connectivity index is 2.26. The zero-order chi connectivity index (χ0) is 14.4. The number of hydrogen-bond acceptors (Lipinski definition) is 5. The van der Waals surface area contributed by atoms with Crippen molar-refractivity contribution in [1.29, 1.82) is 0 Å². The summed E-state index contributed by atoms with van der Waals surface area (Å²) in [6.45, 7) is 5.64. The van der Waals surface area contributed by atoms with Crippen molar-refractivity contribution in [2.45, 2.75) is 13.2 Å². The van der Waals surface area contributed by atoms with Crippen LogP contribution in [-0.2, 0) is 17.9 Å². The minimum atomic E-state index is 0.564. The molecule has 1 fully saturated rings. The average molecular weight is 280 g/mol. The van der Waals surface area contributed by atoms with Gasteiger partial charge in [0.05, 0.1) is 20.8 Å². The fourth-order valence-electron chi connectivity index (χ4n) is 2.53. The average Bonchev–Trinajstić information content (AvgIpc) is 2.50. The highest BCUT2D eigenvalue weighted by molar-refractivity contribution is 5.46. The molecule has 1 heterocycles. The van der Waals surface area contributed by atoms with Crippen molar-refractivity contribution in [3.8, 4) is 11.5 Å². The Morgan fingerprint density at radius 1 is 1.10 bits per heavy atom. The lowest BCUT2D eigenvalue weighted by molar-refractivity contribution is 0.179. The molecule has 20 heavy (non-hydrogen) atoms. The van der Waals surface area contributed by atoms with Gasteiger partial charge in [-0.3, -0.25) is 4.90 Å². The van der Waals surface area contributed by atoms with Crippen molar-refractivity contribution < 1.29 is 14.2 Å². The molecule has 0 radical (unpaired) electrons. The van der Waals surface area contributed by atoms with E-state index in [1.165, 1.54) is 5.56 Å². The molecule has 0 unspecified atom stereocenters. The van der Waals surface area contributed by atoms with E-state index in [2.05, 4.69) is 10.2 Å². The molecule has 0 aromatic heterocycles. The SMILES string of the molecule is COCc1cc(OC)cc(OC)c1CN1CCNCC1.